The van der Waals surface area contributed by atoms with Crippen LogP contribution in [0.25, 0.3) is 5.03 Å². The zero-order valence-electron chi connectivity index (χ0n) is 9.69. The van der Waals surface area contributed by atoms with Crippen molar-refractivity contribution in [3.63, 3.8) is 0 Å². The Morgan fingerprint density at radius 3 is 2.50 bits per heavy atom. The molecule has 1 aromatic carbocycles. The first-order chi connectivity index (χ1) is 8.45. The molecule has 18 heavy (non-hydrogen) atoms. The van der Waals surface area contributed by atoms with Gasteiger partial charge in [-0.3, -0.25) is 0 Å². The van der Waals surface area contributed by atoms with Crippen molar-refractivity contribution < 1.29 is 14.6 Å². The van der Waals surface area contributed by atoms with Crippen LogP contribution in [0.1, 0.15) is 5.56 Å². The van der Waals surface area contributed by atoms with E-state index in [1.165, 1.54) is 13.2 Å². The third-order valence-electron chi connectivity index (χ3n) is 2.23. The molecule has 0 heterocycles. The first-order valence-corrected chi connectivity index (χ1v) is 5.79. The van der Waals surface area contributed by atoms with Crippen molar-refractivity contribution in [1.82, 2.24) is 0 Å². The van der Waals surface area contributed by atoms with Crippen LogP contribution < -0.4 is 0 Å². The van der Waals surface area contributed by atoms with E-state index in [-0.39, 0.29) is 5.57 Å². The van der Waals surface area contributed by atoms with Gasteiger partial charge < -0.3 is 9.84 Å². The number of hydrogen-bond donors (Lipinski definition) is 1. The van der Waals surface area contributed by atoms with Crippen LogP contribution in [0.3, 0.4) is 0 Å². The summed E-state index contributed by atoms with van der Waals surface area (Å²) in [5.41, 5.74) is 0.599. The Morgan fingerprint density at radius 1 is 1.44 bits per heavy atom. The largest absolute Gasteiger partial charge is 0.466 e. The van der Waals surface area contributed by atoms with Crippen LogP contribution in [0.2, 0.25) is 5.02 Å². The fraction of sp³-hybridized carbons (Fsp3) is 0.154. The second-order valence-corrected chi connectivity index (χ2v) is 4.33. The highest BCUT2D eigenvalue weighted by molar-refractivity contribution is 6.48. The summed E-state index contributed by atoms with van der Waals surface area (Å²) in [5, 5.41) is 10.6. The van der Waals surface area contributed by atoms with Crippen molar-refractivity contribution in [1.29, 1.82) is 0 Å². The molecule has 0 fully saturated rings. The Balaban J connectivity index is 2.86. The monoisotopic (exact) mass is 286 g/mol. The number of carbonyl (C=O) groups excluding carboxylic acids is 1. The fourth-order valence-corrected chi connectivity index (χ4v) is 1.57. The minimum Gasteiger partial charge on any atom is -0.466 e. The van der Waals surface area contributed by atoms with Gasteiger partial charge in [-0.05, 0) is 23.8 Å². The lowest BCUT2D eigenvalue weighted by atomic mass is 10.1. The van der Waals surface area contributed by atoms with E-state index in [1.54, 1.807) is 24.3 Å². The molecule has 0 bridgehead atoms. The summed E-state index contributed by atoms with van der Waals surface area (Å²) >= 11 is 11.8. The van der Waals surface area contributed by atoms with Gasteiger partial charge in [0.2, 0.25) is 0 Å². The normalized spacial score (nSPS) is 13.0. The Labute approximate surface area is 115 Å². The molecular weight excluding hydrogens is 275 g/mol. The molecule has 1 rings (SSSR count). The molecule has 96 valence electrons. The van der Waals surface area contributed by atoms with Gasteiger partial charge in [-0.15, -0.1) is 0 Å². The highest BCUT2D eigenvalue weighted by Gasteiger charge is 2.15. The lowest BCUT2D eigenvalue weighted by Crippen LogP contribution is -2.16. The van der Waals surface area contributed by atoms with Crippen molar-refractivity contribution in [2.24, 2.45) is 0 Å². The average molecular weight is 287 g/mol. The quantitative estimate of drug-likeness (QED) is 0.684. The number of rotatable bonds is 4. The van der Waals surface area contributed by atoms with E-state index in [4.69, 9.17) is 23.2 Å². The van der Waals surface area contributed by atoms with Crippen molar-refractivity contribution in [3.8, 4) is 0 Å². The molecule has 0 saturated carbocycles. The number of hydrogen-bond acceptors (Lipinski definition) is 3. The van der Waals surface area contributed by atoms with Crippen LogP contribution in [-0.4, -0.2) is 24.3 Å². The maximum atomic E-state index is 11.1. The number of methoxy groups -OCH3 is 1. The molecule has 1 atom stereocenters. The number of benzene rings is 1. The summed E-state index contributed by atoms with van der Waals surface area (Å²) in [7, 11) is 1.21. The first-order valence-electron chi connectivity index (χ1n) is 5.04. The molecular formula is C13H12Cl2O3. The molecule has 0 aromatic heterocycles. The van der Waals surface area contributed by atoms with Crippen LogP contribution in [0.5, 0.6) is 0 Å². The third kappa shape index (κ3) is 3.88. The minimum atomic E-state index is -1.19. The fourth-order valence-electron chi connectivity index (χ4n) is 1.20. The van der Waals surface area contributed by atoms with Gasteiger partial charge in [-0.1, -0.05) is 41.9 Å². The summed E-state index contributed by atoms with van der Waals surface area (Å²) in [6.07, 6.45) is 0.116. The summed E-state index contributed by atoms with van der Waals surface area (Å²) in [5.74, 6) is -0.681. The Kier molecular flexibility index (Phi) is 5.41. The third-order valence-corrected chi connectivity index (χ3v) is 2.82. The lowest BCUT2D eigenvalue weighted by Gasteiger charge is -2.08. The molecule has 0 aliphatic carbocycles. The van der Waals surface area contributed by atoms with E-state index < -0.39 is 12.1 Å². The van der Waals surface area contributed by atoms with Crippen LogP contribution in [0.15, 0.2) is 42.5 Å². The Hall–Kier alpha value is -1.29. The highest BCUT2D eigenvalue weighted by atomic mass is 35.5. The first kappa shape index (κ1) is 14.8. The molecule has 0 saturated heterocycles. The van der Waals surface area contributed by atoms with E-state index in [9.17, 15) is 9.90 Å². The Morgan fingerprint density at radius 2 is 2.00 bits per heavy atom. The second-order valence-electron chi connectivity index (χ2n) is 3.48. The molecule has 0 spiro atoms. The summed E-state index contributed by atoms with van der Waals surface area (Å²) in [6.45, 7) is 3.44. The smallest absolute Gasteiger partial charge is 0.336 e. The zero-order chi connectivity index (χ0) is 13.7. The lowest BCUT2D eigenvalue weighted by molar-refractivity contribution is -0.136. The number of aliphatic hydroxyl groups excluding tert-OH is 1. The van der Waals surface area contributed by atoms with Gasteiger partial charge in [0, 0.05) is 10.1 Å². The number of aliphatic hydroxyl groups is 1. The standard InChI is InChI=1S/C13H12Cl2O3/c1-8(13(17)18-2)12(16)7-11(15)9-3-5-10(14)6-4-9/h3-7,12,16H,1H2,2H3. The van der Waals surface area contributed by atoms with E-state index in [0.717, 1.165) is 0 Å². The number of ether oxygens (including phenoxy) is 1. The number of carbonyl (C=O) groups is 1. The molecule has 0 aliphatic rings. The van der Waals surface area contributed by atoms with Gasteiger partial charge in [0.1, 0.15) is 6.10 Å². The predicted octanol–water partition coefficient (Wildman–Crippen LogP) is 3.01. The maximum Gasteiger partial charge on any atom is 0.336 e. The van der Waals surface area contributed by atoms with Crippen molar-refractivity contribution >= 4 is 34.2 Å². The highest BCUT2D eigenvalue weighted by Crippen LogP contribution is 2.22. The molecule has 5 heteroatoms. The number of esters is 1. The van der Waals surface area contributed by atoms with Gasteiger partial charge in [0.15, 0.2) is 0 Å². The number of halogens is 2. The SMILES string of the molecule is C=C(C(=O)OC)C(O)C=C(Cl)c1ccc(Cl)cc1. The van der Waals surface area contributed by atoms with Crippen molar-refractivity contribution in [2.75, 3.05) is 7.11 Å². The molecule has 0 aliphatic heterocycles. The van der Waals surface area contributed by atoms with Crippen LogP contribution >= 0.6 is 23.2 Å². The topological polar surface area (TPSA) is 46.5 Å². The molecule has 3 nitrogen and oxygen atoms in total. The second kappa shape index (κ2) is 6.59. The molecule has 1 N–H and O–H groups in total. The average Bonchev–Trinajstić information content (AvgIpc) is 2.37. The Bertz CT molecular complexity index is 478. The molecule has 1 aromatic rings. The van der Waals surface area contributed by atoms with E-state index in [1.807, 2.05) is 0 Å². The van der Waals surface area contributed by atoms with Crippen molar-refractivity contribution in [2.45, 2.75) is 6.10 Å². The van der Waals surface area contributed by atoms with E-state index >= 15 is 0 Å². The van der Waals surface area contributed by atoms with E-state index in [2.05, 4.69) is 11.3 Å². The summed E-state index contributed by atoms with van der Waals surface area (Å²) in [4.78, 5) is 11.1. The van der Waals surface area contributed by atoms with Crippen LogP contribution in [0, 0.1) is 0 Å². The molecule has 1 unspecified atom stereocenters. The maximum absolute atomic E-state index is 11.1. The van der Waals surface area contributed by atoms with Gasteiger partial charge in [0.25, 0.3) is 0 Å². The molecule has 0 radical (unpaired) electrons. The summed E-state index contributed by atoms with van der Waals surface area (Å²) < 4.78 is 4.45. The summed E-state index contributed by atoms with van der Waals surface area (Å²) in [6, 6.07) is 6.76. The van der Waals surface area contributed by atoms with Crippen molar-refractivity contribution in [3.05, 3.63) is 53.1 Å². The van der Waals surface area contributed by atoms with Gasteiger partial charge in [-0.2, -0.15) is 0 Å². The van der Waals surface area contributed by atoms with Gasteiger partial charge >= 0.3 is 5.97 Å². The molecule has 0 amide bonds. The van der Waals surface area contributed by atoms with Gasteiger partial charge in [0.05, 0.1) is 12.7 Å². The van der Waals surface area contributed by atoms with Crippen LogP contribution in [0.4, 0.5) is 0 Å². The zero-order valence-corrected chi connectivity index (χ0v) is 11.2. The van der Waals surface area contributed by atoms with Crippen LogP contribution in [-0.2, 0) is 9.53 Å². The van der Waals surface area contributed by atoms with E-state index in [0.29, 0.717) is 15.6 Å². The van der Waals surface area contributed by atoms with Gasteiger partial charge in [-0.25, -0.2) is 4.79 Å². The predicted molar refractivity (Wildman–Crippen MR) is 72.4 cm³/mol. The minimum absolute atomic E-state index is 0.0791.